The third kappa shape index (κ3) is 7.73. The number of rotatable bonds is 8. The Bertz CT molecular complexity index is 898. The van der Waals surface area contributed by atoms with Crippen molar-refractivity contribution in [2.75, 3.05) is 6.54 Å². The number of nitrogens with one attached hydrogen (secondary N) is 1. The van der Waals surface area contributed by atoms with E-state index < -0.39 is 0 Å². The van der Waals surface area contributed by atoms with Crippen LogP contribution in [0.3, 0.4) is 0 Å². The van der Waals surface area contributed by atoms with E-state index in [1.54, 1.807) is 11.3 Å². The van der Waals surface area contributed by atoms with Gasteiger partial charge >= 0.3 is 0 Å². The van der Waals surface area contributed by atoms with Crippen LogP contribution in [0.25, 0.3) is 0 Å². The largest absolute Gasteiger partial charge is 0.354 e. The fourth-order valence-corrected chi connectivity index (χ4v) is 3.81. The van der Waals surface area contributed by atoms with Crippen LogP contribution in [0, 0.1) is 0 Å². The van der Waals surface area contributed by atoms with Crippen LogP contribution in [0.15, 0.2) is 60.0 Å². The van der Waals surface area contributed by atoms with Crippen molar-refractivity contribution in [3.63, 3.8) is 0 Å². The molecule has 4 nitrogen and oxygen atoms in total. The van der Waals surface area contributed by atoms with Gasteiger partial charge in [-0.05, 0) is 22.6 Å². The van der Waals surface area contributed by atoms with Gasteiger partial charge in [-0.3, -0.25) is 4.79 Å². The molecule has 0 fully saturated rings. The highest BCUT2D eigenvalue weighted by molar-refractivity contribution is 7.09. The second-order valence-corrected chi connectivity index (χ2v) is 8.25. The Morgan fingerprint density at radius 3 is 2.30 bits per heavy atom. The zero-order chi connectivity index (χ0) is 19.9. The van der Waals surface area contributed by atoms with E-state index in [1.807, 2.05) is 35.7 Å². The van der Waals surface area contributed by atoms with Crippen molar-refractivity contribution in [1.29, 1.82) is 0 Å². The summed E-state index contributed by atoms with van der Waals surface area (Å²) in [5.41, 5.74) is 10.6. The summed E-state index contributed by atoms with van der Waals surface area (Å²) in [5, 5.41) is 5.91. The van der Waals surface area contributed by atoms with Gasteiger partial charge in [0.15, 0.2) is 0 Å². The van der Waals surface area contributed by atoms with Crippen LogP contribution in [0.5, 0.6) is 0 Å². The van der Waals surface area contributed by atoms with Gasteiger partial charge in [-0.1, -0.05) is 68.4 Å². The lowest BCUT2D eigenvalue weighted by Crippen LogP contribution is -2.32. The molecule has 1 aromatic heterocycles. The maximum Gasteiger partial charge on any atom is 0.226 e. The summed E-state index contributed by atoms with van der Waals surface area (Å²) in [5.74, 6) is 0.445. The number of halogens is 2. The molecule has 3 rings (SSSR count). The number of nitrogens with two attached hydrogens (primary N) is 1. The number of carbonyl (C=O) groups excluding carboxylic acids is 1. The number of hydrogen-bond acceptors (Lipinski definition) is 4. The highest BCUT2D eigenvalue weighted by atomic mass is 35.5. The SMILES string of the molecule is CC(C)c1ccc(C(N)CNC(=O)Cc2csc(Cc3ccccc3)n2)cc1.Cl.Cl. The van der Waals surface area contributed by atoms with E-state index in [0.717, 1.165) is 22.7 Å². The zero-order valence-electron chi connectivity index (χ0n) is 17.2. The molecule has 30 heavy (non-hydrogen) atoms. The first kappa shape index (κ1) is 26.1. The Balaban J connectivity index is 0.00000225. The van der Waals surface area contributed by atoms with Gasteiger partial charge in [0, 0.05) is 24.4 Å². The van der Waals surface area contributed by atoms with E-state index in [1.165, 1.54) is 11.1 Å². The molecule has 0 radical (unpaired) electrons. The topological polar surface area (TPSA) is 68.0 Å². The summed E-state index contributed by atoms with van der Waals surface area (Å²) in [7, 11) is 0. The first-order chi connectivity index (χ1) is 13.5. The average molecular weight is 466 g/mol. The van der Waals surface area contributed by atoms with Gasteiger partial charge in [0.05, 0.1) is 17.1 Å². The fourth-order valence-electron chi connectivity index (χ4n) is 2.98. The summed E-state index contributed by atoms with van der Waals surface area (Å²) >= 11 is 1.60. The quantitative estimate of drug-likeness (QED) is 0.488. The Hall–Kier alpha value is -1.92. The molecule has 1 unspecified atom stereocenters. The molecule has 162 valence electrons. The van der Waals surface area contributed by atoms with E-state index in [-0.39, 0.29) is 43.2 Å². The predicted octanol–water partition coefficient (Wildman–Crippen LogP) is 5.06. The smallest absolute Gasteiger partial charge is 0.226 e. The van der Waals surface area contributed by atoms with Crippen LogP contribution < -0.4 is 11.1 Å². The molecule has 1 atom stereocenters. The molecule has 0 aliphatic carbocycles. The number of benzene rings is 2. The van der Waals surface area contributed by atoms with Crippen LogP contribution >= 0.6 is 36.2 Å². The predicted molar refractivity (Wildman–Crippen MR) is 130 cm³/mol. The van der Waals surface area contributed by atoms with E-state index in [4.69, 9.17) is 5.73 Å². The number of carbonyl (C=O) groups is 1. The normalized spacial score (nSPS) is 11.3. The van der Waals surface area contributed by atoms with Crippen molar-refractivity contribution in [2.45, 2.75) is 38.6 Å². The van der Waals surface area contributed by atoms with Crippen molar-refractivity contribution in [2.24, 2.45) is 5.73 Å². The van der Waals surface area contributed by atoms with Crippen LogP contribution in [0.2, 0.25) is 0 Å². The molecule has 0 aliphatic rings. The van der Waals surface area contributed by atoms with Crippen LogP contribution in [-0.2, 0) is 17.6 Å². The minimum Gasteiger partial charge on any atom is -0.354 e. The minimum absolute atomic E-state index is 0. The van der Waals surface area contributed by atoms with Crippen LogP contribution in [-0.4, -0.2) is 17.4 Å². The molecule has 0 spiro atoms. The van der Waals surface area contributed by atoms with Crippen molar-refractivity contribution in [3.8, 4) is 0 Å². The Labute approximate surface area is 195 Å². The summed E-state index contributed by atoms with van der Waals surface area (Å²) in [6, 6.07) is 18.3. The summed E-state index contributed by atoms with van der Waals surface area (Å²) in [6.45, 7) is 4.75. The molecule has 7 heteroatoms. The van der Waals surface area contributed by atoms with Crippen molar-refractivity contribution < 1.29 is 4.79 Å². The van der Waals surface area contributed by atoms with Crippen molar-refractivity contribution >= 4 is 42.1 Å². The van der Waals surface area contributed by atoms with Crippen molar-refractivity contribution in [3.05, 3.63) is 87.4 Å². The van der Waals surface area contributed by atoms with Gasteiger partial charge < -0.3 is 11.1 Å². The van der Waals surface area contributed by atoms with Crippen LogP contribution in [0.4, 0.5) is 0 Å². The molecular formula is C23H29Cl2N3OS. The minimum atomic E-state index is -0.214. The Kier molecular flexibility index (Phi) is 11.1. The number of thiazole rings is 1. The van der Waals surface area contributed by atoms with E-state index >= 15 is 0 Å². The van der Waals surface area contributed by atoms with Gasteiger partial charge in [-0.2, -0.15) is 0 Å². The van der Waals surface area contributed by atoms with Gasteiger partial charge in [-0.15, -0.1) is 36.2 Å². The first-order valence-corrected chi connectivity index (χ1v) is 10.5. The molecule has 3 N–H and O–H groups in total. The Morgan fingerprint density at radius 2 is 1.67 bits per heavy atom. The lowest BCUT2D eigenvalue weighted by atomic mass is 9.99. The van der Waals surface area contributed by atoms with Gasteiger partial charge in [0.2, 0.25) is 5.91 Å². The maximum absolute atomic E-state index is 12.3. The third-order valence-corrected chi connectivity index (χ3v) is 5.59. The summed E-state index contributed by atoms with van der Waals surface area (Å²) in [4.78, 5) is 16.8. The molecule has 0 saturated heterocycles. The molecule has 1 heterocycles. The molecule has 0 bridgehead atoms. The molecule has 1 amide bonds. The second-order valence-electron chi connectivity index (χ2n) is 7.30. The van der Waals surface area contributed by atoms with Crippen LogP contribution in [0.1, 0.15) is 53.2 Å². The monoisotopic (exact) mass is 465 g/mol. The first-order valence-electron chi connectivity index (χ1n) is 9.60. The van der Waals surface area contributed by atoms with Gasteiger partial charge in [0.25, 0.3) is 0 Å². The van der Waals surface area contributed by atoms with E-state index in [2.05, 4.69) is 48.4 Å². The van der Waals surface area contributed by atoms with Gasteiger partial charge in [-0.25, -0.2) is 4.98 Å². The number of amides is 1. The highest BCUT2D eigenvalue weighted by Gasteiger charge is 2.11. The fraction of sp³-hybridized carbons (Fsp3) is 0.304. The Morgan fingerprint density at radius 1 is 1.03 bits per heavy atom. The lowest BCUT2D eigenvalue weighted by molar-refractivity contribution is -0.120. The summed E-state index contributed by atoms with van der Waals surface area (Å²) in [6.07, 6.45) is 1.08. The lowest BCUT2D eigenvalue weighted by Gasteiger charge is -2.14. The molecule has 2 aromatic carbocycles. The number of aromatic nitrogens is 1. The number of nitrogens with zero attached hydrogens (tertiary/aromatic N) is 1. The zero-order valence-corrected chi connectivity index (χ0v) is 19.7. The summed E-state index contributed by atoms with van der Waals surface area (Å²) < 4.78 is 0. The standard InChI is InChI=1S/C23H27N3OS.2ClH/c1-16(2)18-8-10-19(11-9-18)21(24)14-25-22(27)13-20-15-28-23(26-20)12-17-6-4-3-5-7-17;;/h3-11,15-16,21H,12-14,24H2,1-2H3,(H,25,27);2*1H. The van der Waals surface area contributed by atoms with Crippen molar-refractivity contribution in [1.82, 2.24) is 10.3 Å². The number of hydrogen-bond donors (Lipinski definition) is 2. The molecule has 0 aliphatic heterocycles. The highest BCUT2D eigenvalue weighted by Crippen LogP contribution is 2.18. The van der Waals surface area contributed by atoms with E-state index in [0.29, 0.717) is 12.5 Å². The molecule has 0 saturated carbocycles. The van der Waals surface area contributed by atoms with Gasteiger partial charge in [0.1, 0.15) is 0 Å². The second kappa shape index (κ2) is 12.7. The maximum atomic E-state index is 12.3. The molecule has 3 aromatic rings. The third-order valence-electron chi connectivity index (χ3n) is 4.69. The molecular weight excluding hydrogens is 437 g/mol. The average Bonchev–Trinajstić information content (AvgIpc) is 3.13. The van der Waals surface area contributed by atoms with E-state index in [9.17, 15) is 4.79 Å².